The Hall–Kier alpha value is -1.55. The molecule has 0 fully saturated rings. The number of hydrogen-bond acceptors (Lipinski definition) is 4. The first-order valence-electron chi connectivity index (χ1n) is 10.6. The van der Waals surface area contributed by atoms with E-state index in [1.54, 1.807) is 0 Å². The van der Waals surface area contributed by atoms with Crippen LogP contribution in [-0.2, 0) is 4.79 Å². The number of benzene rings is 1. The fourth-order valence-electron chi connectivity index (χ4n) is 3.10. The Balaban J connectivity index is 0.00000841. The summed E-state index contributed by atoms with van der Waals surface area (Å²) in [6.07, 6.45) is 1.03. The van der Waals surface area contributed by atoms with Crippen LogP contribution in [0.15, 0.2) is 29.3 Å². The van der Waals surface area contributed by atoms with Crippen LogP contribution >= 0.6 is 24.0 Å². The van der Waals surface area contributed by atoms with Crippen LogP contribution < -0.4 is 20.7 Å². The van der Waals surface area contributed by atoms with Crippen molar-refractivity contribution in [2.24, 2.45) is 4.99 Å². The summed E-state index contributed by atoms with van der Waals surface area (Å²) >= 11 is 0. The monoisotopic (exact) mass is 533 g/mol. The molecule has 0 aromatic heterocycles. The zero-order valence-electron chi connectivity index (χ0n) is 19.3. The third-order valence-electron chi connectivity index (χ3n) is 4.33. The second-order valence-corrected chi connectivity index (χ2v) is 7.52. The normalized spacial score (nSPS) is 11.4. The van der Waals surface area contributed by atoms with Crippen LogP contribution in [0.25, 0.3) is 0 Å². The van der Waals surface area contributed by atoms with Crippen molar-refractivity contribution in [3.8, 4) is 5.75 Å². The van der Waals surface area contributed by atoms with E-state index in [-0.39, 0.29) is 29.9 Å². The predicted molar refractivity (Wildman–Crippen MR) is 137 cm³/mol. The maximum atomic E-state index is 11.1. The molecule has 0 saturated heterocycles. The Morgan fingerprint density at radius 3 is 2.47 bits per heavy atom. The highest BCUT2D eigenvalue weighted by Crippen LogP contribution is 2.17. The van der Waals surface area contributed by atoms with Crippen molar-refractivity contribution < 1.29 is 9.53 Å². The number of anilines is 1. The summed E-state index contributed by atoms with van der Waals surface area (Å²) in [7, 11) is 0. The maximum absolute atomic E-state index is 11.1. The van der Waals surface area contributed by atoms with Crippen LogP contribution in [0.4, 0.5) is 5.69 Å². The summed E-state index contributed by atoms with van der Waals surface area (Å²) < 4.78 is 5.76. The summed E-state index contributed by atoms with van der Waals surface area (Å²) in [6.45, 7) is 16.3. The van der Waals surface area contributed by atoms with Crippen LogP contribution in [0.5, 0.6) is 5.75 Å². The Morgan fingerprint density at radius 1 is 1.17 bits per heavy atom. The summed E-state index contributed by atoms with van der Waals surface area (Å²) in [6, 6.07) is 8.48. The summed E-state index contributed by atoms with van der Waals surface area (Å²) in [5.74, 6) is 1.44. The lowest BCUT2D eigenvalue weighted by atomic mass is 10.2. The molecule has 0 aliphatic heterocycles. The number of carbonyl (C=O) groups excluding carboxylic acids is 1. The van der Waals surface area contributed by atoms with Gasteiger partial charge in [0.25, 0.3) is 0 Å². The highest BCUT2D eigenvalue weighted by molar-refractivity contribution is 14.0. The lowest BCUT2D eigenvalue weighted by Gasteiger charge is -2.30. The number of nitrogens with zero attached hydrogens (tertiary/aromatic N) is 2. The molecule has 1 amide bonds. The largest absolute Gasteiger partial charge is 0.492 e. The minimum Gasteiger partial charge on any atom is -0.492 e. The zero-order chi connectivity index (χ0) is 21.6. The molecule has 0 aliphatic carbocycles. The predicted octanol–water partition coefficient (Wildman–Crippen LogP) is 3.71. The first kappa shape index (κ1) is 28.5. The van der Waals surface area contributed by atoms with Gasteiger partial charge in [0.1, 0.15) is 12.4 Å². The van der Waals surface area contributed by atoms with E-state index in [1.807, 2.05) is 24.3 Å². The lowest BCUT2D eigenvalue weighted by molar-refractivity contribution is -0.114. The number of guanidine groups is 1. The average Bonchev–Trinajstić information content (AvgIpc) is 2.64. The van der Waals surface area contributed by atoms with E-state index in [9.17, 15) is 4.79 Å². The Kier molecular flexibility index (Phi) is 15.3. The van der Waals surface area contributed by atoms with Gasteiger partial charge >= 0.3 is 0 Å². The second kappa shape index (κ2) is 16.2. The van der Waals surface area contributed by atoms with Crippen LogP contribution in [-0.4, -0.2) is 61.6 Å². The van der Waals surface area contributed by atoms with E-state index in [0.717, 1.165) is 43.5 Å². The van der Waals surface area contributed by atoms with Crippen molar-refractivity contribution in [3.63, 3.8) is 0 Å². The van der Waals surface area contributed by atoms with Crippen LogP contribution in [0.1, 0.15) is 48.0 Å². The molecule has 0 heterocycles. The highest BCUT2D eigenvalue weighted by Gasteiger charge is 2.12. The molecule has 0 radical (unpaired) electrons. The maximum Gasteiger partial charge on any atom is 0.221 e. The Bertz CT molecular complexity index is 630. The van der Waals surface area contributed by atoms with Gasteiger partial charge in [-0.2, -0.15) is 0 Å². The Morgan fingerprint density at radius 2 is 1.87 bits per heavy atom. The second-order valence-electron chi connectivity index (χ2n) is 7.52. The van der Waals surface area contributed by atoms with E-state index >= 15 is 0 Å². The lowest BCUT2D eigenvalue weighted by Crippen LogP contribution is -2.40. The molecule has 0 atom stereocenters. The smallest absolute Gasteiger partial charge is 0.221 e. The van der Waals surface area contributed by atoms with Gasteiger partial charge in [-0.05, 0) is 53.2 Å². The molecule has 0 spiro atoms. The molecule has 0 bridgehead atoms. The van der Waals surface area contributed by atoms with Crippen molar-refractivity contribution in [3.05, 3.63) is 24.3 Å². The van der Waals surface area contributed by atoms with E-state index in [0.29, 0.717) is 25.2 Å². The van der Waals surface area contributed by atoms with E-state index in [2.05, 4.69) is 60.5 Å². The van der Waals surface area contributed by atoms with Crippen LogP contribution in [0.2, 0.25) is 0 Å². The first-order valence-corrected chi connectivity index (χ1v) is 10.6. The third kappa shape index (κ3) is 12.2. The minimum atomic E-state index is -0.0970. The van der Waals surface area contributed by atoms with Crippen molar-refractivity contribution in [2.45, 2.75) is 60.0 Å². The van der Waals surface area contributed by atoms with Crippen molar-refractivity contribution in [1.82, 2.24) is 15.5 Å². The number of aliphatic imine (C=N–C) groups is 1. The van der Waals surface area contributed by atoms with Gasteiger partial charge in [0.2, 0.25) is 5.91 Å². The number of amides is 1. The van der Waals surface area contributed by atoms with Crippen LogP contribution in [0.3, 0.4) is 0 Å². The van der Waals surface area contributed by atoms with Gasteiger partial charge in [-0.15, -0.1) is 24.0 Å². The molecule has 1 rings (SSSR count). The summed E-state index contributed by atoms with van der Waals surface area (Å²) in [5, 5.41) is 9.32. The van der Waals surface area contributed by atoms with Gasteiger partial charge < -0.3 is 20.7 Å². The molecule has 8 heteroatoms. The molecule has 172 valence electrons. The number of ether oxygens (including phenoxy) is 1. The van der Waals surface area contributed by atoms with E-state index < -0.39 is 0 Å². The molecule has 30 heavy (non-hydrogen) atoms. The standard InChI is InChI=1S/C22H39N5O2.HI/c1-7-23-22(24-12-9-14-27(17(2)3)18(4)5)25-13-15-29-21-11-8-10-20(16-21)26-19(6)28;/h8,10-11,16-18H,7,9,12-15H2,1-6H3,(H,26,28)(H2,23,24,25);1H. The number of hydrogen-bond donors (Lipinski definition) is 3. The molecular weight excluding hydrogens is 493 g/mol. The summed E-state index contributed by atoms with van der Waals surface area (Å²) in [5.41, 5.74) is 0.731. The van der Waals surface area contributed by atoms with Gasteiger partial charge in [0.05, 0.1) is 6.54 Å². The highest BCUT2D eigenvalue weighted by atomic mass is 127. The number of rotatable bonds is 12. The van der Waals surface area contributed by atoms with Gasteiger partial charge in [0.15, 0.2) is 5.96 Å². The quantitative estimate of drug-likeness (QED) is 0.165. The molecule has 1 aromatic rings. The molecular formula is C22H40IN5O2. The van der Waals surface area contributed by atoms with Gasteiger partial charge in [-0.1, -0.05) is 6.07 Å². The van der Waals surface area contributed by atoms with Crippen molar-refractivity contribution in [2.75, 3.05) is 38.1 Å². The SMILES string of the molecule is CCNC(=NCCCN(C(C)C)C(C)C)NCCOc1cccc(NC(C)=O)c1.I. The van der Waals surface area contributed by atoms with E-state index in [1.165, 1.54) is 6.92 Å². The Labute approximate surface area is 199 Å². The molecule has 3 N–H and O–H groups in total. The molecule has 0 unspecified atom stereocenters. The molecule has 0 saturated carbocycles. The fourth-order valence-corrected chi connectivity index (χ4v) is 3.10. The molecule has 0 aliphatic rings. The first-order chi connectivity index (χ1) is 13.8. The topological polar surface area (TPSA) is 78.0 Å². The van der Waals surface area contributed by atoms with Crippen molar-refractivity contribution in [1.29, 1.82) is 0 Å². The third-order valence-corrected chi connectivity index (χ3v) is 4.33. The number of carbonyl (C=O) groups is 1. The van der Waals surface area contributed by atoms with Gasteiger partial charge in [-0.25, -0.2) is 0 Å². The van der Waals surface area contributed by atoms with Crippen LogP contribution in [0, 0.1) is 0 Å². The van der Waals surface area contributed by atoms with Gasteiger partial charge in [0, 0.05) is 50.4 Å². The average molecular weight is 533 g/mol. The minimum absolute atomic E-state index is 0. The van der Waals surface area contributed by atoms with Crippen molar-refractivity contribution >= 4 is 41.5 Å². The zero-order valence-corrected chi connectivity index (χ0v) is 21.7. The number of nitrogens with one attached hydrogen (secondary N) is 3. The summed E-state index contributed by atoms with van der Waals surface area (Å²) in [4.78, 5) is 18.3. The molecule has 1 aromatic carbocycles. The molecule has 7 nitrogen and oxygen atoms in total. The van der Waals surface area contributed by atoms with E-state index in [4.69, 9.17) is 4.74 Å². The van der Waals surface area contributed by atoms with Gasteiger partial charge in [-0.3, -0.25) is 14.7 Å². The number of halogens is 1. The fraction of sp³-hybridized carbons (Fsp3) is 0.636.